The van der Waals surface area contributed by atoms with Gasteiger partial charge in [-0.15, -0.1) is 0 Å². The van der Waals surface area contributed by atoms with E-state index in [1.807, 2.05) is 13.2 Å². The largest absolute Gasteiger partial charge is 0.367 e. The van der Waals surface area contributed by atoms with Gasteiger partial charge in [0.15, 0.2) is 5.82 Å². The lowest BCUT2D eigenvalue weighted by atomic mass is 10.1. The van der Waals surface area contributed by atoms with Gasteiger partial charge in [0.25, 0.3) is 0 Å². The van der Waals surface area contributed by atoms with Crippen LogP contribution in [0.4, 0.5) is 0 Å². The Balaban J connectivity index is 1.76. The second kappa shape index (κ2) is 5.76. The fourth-order valence-corrected chi connectivity index (χ4v) is 3.20. The second-order valence-corrected chi connectivity index (χ2v) is 5.89. The number of fused-ring (bicyclic) bond motifs is 1. The third-order valence-electron chi connectivity index (χ3n) is 4.61. The third-order valence-corrected chi connectivity index (χ3v) is 4.61. The normalized spacial score (nSPS) is 28.4. The minimum atomic E-state index is 0.0296. The zero-order chi connectivity index (χ0) is 14.1. The quantitative estimate of drug-likeness (QED) is 0.909. The molecule has 1 aromatic heterocycles. The van der Waals surface area contributed by atoms with Crippen molar-refractivity contribution in [1.82, 2.24) is 20.2 Å². The predicted octanol–water partition coefficient (Wildman–Crippen LogP) is 1.60. The molecule has 3 heterocycles. The van der Waals surface area contributed by atoms with Crippen LogP contribution in [-0.2, 0) is 4.74 Å². The van der Waals surface area contributed by atoms with Crippen LogP contribution in [0.1, 0.15) is 49.0 Å². The minimum Gasteiger partial charge on any atom is -0.367 e. The highest BCUT2D eigenvalue weighted by Gasteiger charge is 2.34. The van der Waals surface area contributed by atoms with Crippen LogP contribution < -0.4 is 5.32 Å². The molecule has 0 bridgehead atoms. The van der Waals surface area contributed by atoms with Gasteiger partial charge in [0.05, 0.1) is 6.61 Å². The minimum absolute atomic E-state index is 0.0296. The van der Waals surface area contributed by atoms with Gasteiger partial charge in [-0.3, -0.25) is 4.90 Å². The van der Waals surface area contributed by atoms with Crippen molar-refractivity contribution in [3.8, 4) is 0 Å². The molecule has 3 atom stereocenters. The number of aromatic nitrogens is 2. The summed E-state index contributed by atoms with van der Waals surface area (Å²) in [5.74, 6) is 0.833. The van der Waals surface area contributed by atoms with Crippen molar-refractivity contribution in [2.75, 3.05) is 26.7 Å². The molecule has 2 aliphatic rings. The Morgan fingerprint density at radius 3 is 3.10 bits per heavy atom. The van der Waals surface area contributed by atoms with Crippen molar-refractivity contribution in [3.05, 3.63) is 23.3 Å². The maximum Gasteiger partial charge on any atom is 0.158 e. The summed E-state index contributed by atoms with van der Waals surface area (Å²) in [7, 11) is 1.95. The topological polar surface area (TPSA) is 50.3 Å². The van der Waals surface area contributed by atoms with E-state index in [1.54, 1.807) is 0 Å². The summed E-state index contributed by atoms with van der Waals surface area (Å²) in [5, 5.41) is 3.23. The summed E-state index contributed by atoms with van der Waals surface area (Å²) < 4.78 is 5.98. The van der Waals surface area contributed by atoms with Crippen molar-refractivity contribution < 1.29 is 4.74 Å². The van der Waals surface area contributed by atoms with E-state index in [2.05, 4.69) is 34.0 Å². The van der Waals surface area contributed by atoms with Gasteiger partial charge in [0, 0.05) is 36.1 Å². The molecule has 1 aromatic rings. The number of morpholine rings is 1. The van der Waals surface area contributed by atoms with E-state index < -0.39 is 0 Å². The van der Waals surface area contributed by atoms with Gasteiger partial charge in [-0.2, -0.15) is 0 Å². The monoisotopic (exact) mass is 276 g/mol. The molecule has 5 nitrogen and oxygen atoms in total. The lowest BCUT2D eigenvalue weighted by Crippen LogP contribution is -2.42. The Morgan fingerprint density at radius 1 is 1.50 bits per heavy atom. The van der Waals surface area contributed by atoms with E-state index >= 15 is 0 Å². The zero-order valence-electron chi connectivity index (χ0n) is 12.6. The van der Waals surface area contributed by atoms with Crippen LogP contribution in [0.15, 0.2) is 6.20 Å². The SMILES string of the molecule is CNC(C)c1cnc(C2CN3CCCC3CO2)nc1C. The van der Waals surface area contributed by atoms with E-state index in [9.17, 15) is 0 Å². The average Bonchev–Trinajstić information content (AvgIpc) is 2.93. The van der Waals surface area contributed by atoms with Crippen molar-refractivity contribution in [2.24, 2.45) is 0 Å². The van der Waals surface area contributed by atoms with Crippen molar-refractivity contribution >= 4 is 0 Å². The zero-order valence-corrected chi connectivity index (χ0v) is 12.6. The number of ether oxygens (including phenoxy) is 1. The lowest BCUT2D eigenvalue weighted by molar-refractivity contribution is -0.0542. The predicted molar refractivity (Wildman–Crippen MR) is 77.5 cm³/mol. The molecule has 0 radical (unpaired) electrons. The number of rotatable bonds is 3. The van der Waals surface area contributed by atoms with E-state index in [-0.39, 0.29) is 12.1 Å². The van der Waals surface area contributed by atoms with Gasteiger partial charge in [-0.1, -0.05) is 0 Å². The van der Waals surface area contributed by atoms with Gasteiger partial charge in [-0.25, -0.2) is 9.97 Å². The Labute approximate surface area is 120 Å². The molecule has 5 heteroatoms. The van der Waals surface area contributed by atoms with E-state index in [4.69, 9.17) is 4.74 Å². The van der Waals surface area contributed by atoms with Crippen LogP contribution >= 0.6 is 0 Å². The first-order valence-electron chi connectivity index (χ1n) is 7.55. The van der Waals surface area contributed by atoms with Crippen molar-refractivity contribution in [1.29, 1.82) is 0 Å². The van der Waals surface area contributed by atoms with Crippen LogP contribution in [0.5, 0.6) is 0 Å². The van der Waals surface area contributed by atoms with Gasteiger partial charge < -0.3 is 10.1 Å². The molecule has 2 saturated heterocycles. The molecule has 0 amide bonds. The molecule has 0 aromatic carbocycles. The molecule has 3 rings (SSSR count). The molecule has 0 saturated carbocycles. The van der Waals surface area contributed by atoms with E-state index in [0.29, 0.717) is 6.04 Å². The van der Waals surface area contributed by atoms with Crippen molar-refractivity contribution in [2.45, 2.75) is 44.9 Å². The first-order chi connectivity index (χ1) is 9.69. The van der Waals surface area contributed by atoms with Crippen LogP contribution in [0.3, 0.4) is 0 Å². The molecule has 110 valence electrons. The number of hydrogen-bond donors (Lipinski definition) is 1. The number of hydrogen-bond acceptors (Lipinski definition) is 5. The summed E-state index contributed by atoms with van der Waals surface area (Å²) in [5.41, 5.74) is 2.20. The average molecular weight is 276 g/mol. The first kappa shape index (κ1) is 13.9. The number of aryl methyl sites for hydroxylation is 1. The van der Waals surface area contributed by atoms with E-state index in [1.165, 1.54) is 19.4 Å². The van der Waals surface area contributed by atoms with Crippen LogP contribution in [0, 0.1) is 6.92 Å². The maximum absolute atomic E-state index is 5.98. The fourth-order valence-electron chi connectivity index (χ4n) is 3.20. The lowest BCUT2D eigenvalue weighted by Gasteiger charge is -2.34. The Bertz CT molecular complexity index is 479. The summed E-state index contributed by atoms with van der Waals surface area (Å²) in [6, 6.07) is 0.898. The Hall–Kier alpha value is -1.04. The standard InChI is InChI=1S/C15H24N4O/c1-10(16-3)13-7-17-15(18-11(13)2)14-8-19-6-4-5-12(19)9-20-14/h7,10,12,14,16H,4-6,8-9H2,1-3H3. The van der Waals surface area contributed by atoms with Crippen LogP contribution in [-0.4, -0.2) is 47.7 Å². The Kier molecular flexibility index (Phi) is 4.01. The van der Waals surface area contributed by atoms with Crippen LogP contribution in [0.25, 0.3) is 0 Å². The van der Waals surface area contributed by atoms with Gasteiger partial charge in [0.1, 0.15) is 6.10 Å². The molecule has 1 N–H and O–H groups in total. The number of nitrogens with zero attached hydrogens (tertiary/aromatic N) is 3. The molecule has 2 fully saturated rings. The molecule has 3 unspecified atom stereocenters. The highest BCUT2D eigenvalue weighted by Crippen LogP contribution is 2.29. The Morgan fingerprint density at radius 2 is 2.35 bits per heavy atom. The highest BCUT2D eigenvalue weighted by atomic mass is 16.5. The maximum atomic E-state index is 5.98. The first-order valence-corrected chi connectivity index (χ1v) is 7.55. The molecular formula is C15H24N4O. The summed E-state index contributed by atoms with van der Waals surface area (Å²) in [6.07, 6.45) is 4.53. The van der Waals surface area contributed by atoms with Gasteiger partial charge >= 0.3 is 0 Å². The smallest absolute Gasteiger partial charge is 0.158 e. The van der Waals surface area contributed by atoms with Crippen molar-refractivity contribution in [3.63, 3.8) is 0 Å². The van der Waals surface area contributed by atoms with Crippen LogP contribution in [0.2, 0.25) is 0 Å². The fraction of sp³-hybridized carbons (Fsp3) is 0.733. The number of nitrogens with one attached hydrogen (secondary N) is 1. The molecule has 0 aliphatic carbocycles. The molecule has 2 aliphatic heterocycles. The van der Waals surface area contributed by atoms with Gasteiger partial charge in [-0.05, 0) is 40.3 Å². The molecular weight excluding hydrogens is 252 g/mol. The van der Waals surface area contributed by atoms with Gasteiger partial charge in [0.2, 0.25) is 0 Å². The summed E-state index contributed by atoms with van der Waals surface area (Å²) >= 11 is 0. The second-order valence-electron chi connectivity index (χ2n) is 5.89. The molecule has 20 heavy (non-hydrogen) atoms. The molecule has 0 spiro atoms. The summed E-state index contributed by atoms with van der Waals surface area (Å²) in [4.78, 5) is 11.7. The summed E-state index contributed by atoms with van der Waals surface area (Å²) in [6.45, 7) is 7.12. The third kappa shape index (κ3) is 2.57. The van der Waals surface area contributed by atoms with E-state index in [0.717, 1.165) is 30.2 Å². The highest BCUT2D eigenvalue weighted by molar-refractivity contribution is 5.20.